The van der Waals surface area contributed by atoms with E-state index in [9.17, 15) is 9.59 Å². The van der Waals surface area contributed by atoms with Crippen molar-refractivity contribution in [1.82, 2.24) is 20.1 Å². The average molecular weight is 446 g/mol. The molecular weight excluding hydrogens is 414 g/mol. The standard InChI is InChI=1S/C26H31N5O2/c1-2-19-3-5-21(6-4-19)23-15-24(29-25(32)22-7-11-28-12-8-22)18-31(17-23)26(33)30-13-9-20(16-27)10-14-30/h3-8,11-12,20,23-24H,2,9-10,13-15,17-18H2,1H3,(H,29,32). The third-order valence-corrected chi connectivity index (χ3v) is 6.81. The molecule has 4 rings (SSSR count). The van der Waals surface area contributed by atoms with Gasteiger partial charge in [0, 0.05) is 62.0 Å². The summed E-state index contributed by atoms with van der Waals surface area (Å²) in [6.45, 7) is 4.46. The molecule has 2 fully saturated rings. The Bertz CT molecular complexity index is 994. The molecule has 0 spiro atoms. The Balaban J connectivity index is 1.50. The van der Waals surface area contributed by atoms with E-state index < -0.39 is 0 Å². The van der Waals surface area contributed by atoms with Gasteiger partial charge in [0.25, 0.3) is 5.91 Å². The predicted molar refractivity (Wildman–Crippen MR) is 126 cm³/mol. The molecule has 2 aromatic rings. The summed E-state index contributed by atoms with van der Waals surface area (Å²) in [5.41, 5.74) is 3.04. The monoisotopic (exact) mass is 445 g/mol. The van der Waals surface area contributed by atoms with Crippen LogP contribution in [0.2, 0.25) is 0 Å². The van der Waals surface area contributed by atoms with Gasteiger partial charge in [-0.2, -0.15) is 5.26 Å². The highest BCUT2D eigenvalue weighted by Crippen LogP contribution is 2.29. The summed E-state index contributed by atoms with van der Waals surface area (Å²) in [4.78, 5) is 33.9. The molecule has 7 heteroatoms. The van der Waals surface area contributed by atoms with Crippen LogP contribution in [0.3, 0.4) is 0 Å². The topological polar surface area (TPSA) is 89.3 Å². The van der Waals surface area contributed by atoms with Crippen molar-refractivity contribution in [2.75, 3.05) is 26.2 Å². The number of rotatable bonds is 4. The lowest BCUT2D eigenvalue weighted by Crippen LogP contribution is -2.56. The maximum absolute atomic E-state index is 13.4. The van der Waals surface area contributed by atoms with E-state index in [0.29, 0.717) is 31.7 Å². The largest absolute Gasteiger partial charge is 0.347 e. The number of carbonyl (C=O) groups excluding carboxylic acids is 2. The predicted octanol–water partition coefficient (Wildman–Crippen LogP) is 3.59. The number of aromatic nitrogens is 1. The zero-order chi connectivity index (χ0) is 23.2. The zero-order valence-corrected chi connectivity index (χ0v) is 19.1. The van der Waals surface area contributed by atoms with Crippen LogP contribution < -0.4 is 5.32 Å². The van der Waals surface area contributed by atoms with Crippen molar-refractivity contribution in [2.45, 2.75) is 44.6 Å². The molecule has 2 saturated heterocycles. The average Bonchev–Trinajstić information content (AvgIpc) is 2.88. The quantitative estimate of drug-likeness (QED) is 0.779. The van der Waals surface area contributed by atoms with Gasteiger partial charge in [0.15, 0.2) is 0 Å². The molecule has 2 unspecified atom stereocenters. The highest BCUT2D eigenvalue weighted by atomic mass is 16.2. The molecule has 0 bridgehead atoms. The smallest absolute Gasteiger partial charge is 0.320 e. The number of hydrogen-bond acceptors (Lipinski definition) is 4. The van der Waals surface area contributed by atoms with Crippen molar-refractivity contribution in [3.8, 4) is 6.07 Å². The first-order chi connectivity index (χ1) is 16.1. The number of nitriles is 1. The zero-order valence-electron chi connectivity index (χ0n) is 19.1. The Morgan fingerprint density at radius 1 is 1.06 bits per heavy atom. The molecule has 2 aliphatic heterocycles. The maximum atomic E-state index is 13.4. The third-order valence-electron chi connectivity index (χ3n) is 6.81. The number of piperidine rings is 2. The highest BCUT2D eigenvalue weighted by Gasteiger charge is 2.35. The number of nitrogens with one attached hydrogen (secondary N) is 1. The summed E-state index contributed by atoms with van der Waals surface area (Å²) < 4.78 is 0. The van der Waals surface area contributed by atoms with Gasteiger partial charge in [-0.3, -0.25) is 9.78 Å². The summed E-state index contributed by atoms with van der Waals surface area (Å²) >= 11 is 0. The highest BCUT2D eigenvalue weighted by molar-refractivity contribution is 5.94. The van der Waals surface area contributed by atoms with Crippen LogP contribution >= 0.6 is 0 Å². The Labute approximate surface area is 195 Å². The van der Waals surface area contributed by atoms with E-state index in [4.69, 9.17) is 5.26 Å². The van der Waals surface area contributed by atoms with Crippen LogP contribution in [-0.2, 0) is 6.42 Å². The van der Waals surface area contributed by atoms with Gasteiger partial charge in [-0.25, -0.2) is 4.79 Å². The van der Waals surface area contributed by atoms with Crippen molar-refractivity contribution >= 4 is 11.9 Å². The van der Waals surface area contributed by atoms with E-state index in [1.54, 1.807) is 24.5 Å². The summed E-state index contributed by atoms with van der Waals surface area (Å²) in [6.07, 6.45) is 6.42. The molecular formula is C26H31N5O2. The Morgan fingerprint density at radius 3 is 2.39 bits per heavy atom. The minimum atomic E-state index is -0.147. The second-order valence-electron chi connectivity index (χ2n) is 9.01. The Kier molecular flexibility index (Phi) is 7.23. The van der Waals surface area contributed by atoms with Crippen LogP contribution in [0, 0.1) is 17.2 Å². The van der Waals surface area contributed by atoms with Crippen LogP contribution in [0.4, 0.5) is 4.79 Å². The van der Waals surface area contributed by atoms with Gasteiger partial charge in [0.05, 0.1) is 6.07 Å². The molecule has 172 valence electrons. The lowest BCUT2D eigenvalue weighted by Gasteiger charge is -2.41. The molecule has 2 atom stereocenters. The molecule has 3 heterocycles. The summed E-state index contributed by atoms with van der Waals surface area (Å²) in [5, 5.41) is 12.3. The molecule has 0 radical (unpaired) electrons. The molecule has 2 aliphatic rings. The maximum Gasteiger partial charge on any atom is 0.320 e. The van der Waals surface area contributed by atoms with Gasteiger partial charge in [-0.15, -0.1) is 0 Å². The molecule has 1 N–H and O–H groups in total. The SMILES string of the molecule is CCc1ccc(C2CC(NC(=O)c3ccncc3)CN(C(=O)N3CCC(C#N)CC3)C2)cc1. The summed E-state index contributed by atoms with van der Waals surface area (Å²) in [7, 11) is 0. The van der Waals surface area contributed by atoms with E-state index in [1.165, 1.54) is 11.1 Å². The van der Waals surface area contributed by atoms with E-state index in [1.807, 2.05) is 9.80 Å². The third kappa shape index (κ3) is 5.51. The van der Waals surface area contributed by atoms with Crippen molar-refractivity contribution in [3.63, 3.8) is 0 Å². The van der Waals surface area contributed by atoms with E-state index in [2.05, 4.69) is 47.6 Å². The second kappa shape index (κ2) is 10.5. The van der Waals surface area contributed by atoms with Crippen LogP contribution in [0.15, 0.2) is 48.8 Å². The number of carbonyl (C=O) groups is 2. The van der Waals surface area contributed by atoms with Crippen LogP contribution in [0.25, 0.3) is 0 Å². The van der Waals surface area contributed by atoms with Crippen molar-refractivity contribution in [3.05, 3.63) is 65.5 Å². The number of hydrogen-bond donors (Lipinski definition) is 1. The fourth-order valence-electron chi connectivity index (χ4n) is 4.80. The van der Waals surface area contributed by atoms with E-state index in [0.717, 1.165) is 25.7 Å². The van der Waals surface area contributed by atoms with E-state index >= 15 is 0 Å². The molecule has 0 aliphatic carbocycles. The normalized spacial score (nSPS) is 21.3. The van der Waals surface area contributed by atoms with Gasteiger partial charge in [0.2, 0.25) is 0 Å². The van der Waals surface area contributed by atoms with Gasteiger partial charge in [-0.05, 0) is 48.9 Å². The lowest BCUT2D eigenvalue weighted by atomic mass is 9.87. The minimum Gasteiger partial charge on any atom is -0.347 e. The lowest BCUT2D eigenvalue weighted by molar-refractivity contribution is 0.0875. The van der Waals surface area contributed by atoms with Gasteiger partial charge in [-0.1, -0.05) is 31.2 Å². The Morgan fingerprint density at radius 2 is 1.76 bits per heavy atom. The number of pyridine rings is 1. The van der Waals surface area contributed by atoms with Gasteiger partial charge < -0.3 is 15.1 Å². The minimum absolute atomic E-state index is 0.00410. The molecule has 1 aromatic heterocycles. The second-order valence-corrected chi connectivity index (χ2v) is 9.01. The van der Waals surface area contributed by atoms with Crippen molar-refractivity contribution in [2.24, 2.45) is 5.92 Å². The van der Waals surface area contributed by atoms with E-state index in [-0.39, 0.29) is 29.8 Å². The van der Waals surface area contributed by atoms with Crippen molar-refractivity contribution in [1.29, 1.82) is 5.26 Å². The number of benzene rings is 1. The van der Waals surface area contributed by atoms with Crippen LogP contribution in [-0.4, -0.2) is 58.9 Å². The Hall–Kier alpha value is -3.40. The molecule has 3 amide bonds. The van der Waals surface area contributed by atoms with Gasteiger partial charge >= 0.3 is 6.03 Å². The first kappa shape index (κ1) is 22.8. The van der Waals surface area contributed by atoms with Crippen LogP contribution in [0.1, 0.15) is 53.6 Å². The van der Waals surface area contributed by atoms with Gasteiger partial charge in [0.1, 0.15) is 0 Å². The molecule has 0 saturated carbocycles. The molecule has 7 nitrogen and oxygen atoms in total. The number of nitrogens with zero attached hydrogens (tertiary/aromatic N) is 4. The fourth-order valence-corrected chi connectivity index (χ4v) is 4.80. The molecule has 33 heavy (non-hydrogen) atoms. The fraction of sp³-hybridized carbons (Fsp3) is 0.462. The van der Waals surface area contributed by atoms with Crippen LogP contribution in [0.5, 0.6) is 0 Å². The first-order valence-corrected chi connectivity index (χ1v) is 11.8. The van der Waals surface area contributed by atoms with Crippen molar-refractivity contribution < 1.29 is 9.59 Å². The number of likely N-dealkylation sites (tertiary alicyclic amines) is 2. The number of aryl methyl sites for hydroxylation is 1. The number of urea groups is 1. The first-order valence-electron chi connectivity index (χ1n) is 11.8. The summed E-state index contributed by atoms with van der Waals surface area (Å²) in [6, 6.07) is 14.2. The number of amides is 3. The summed E-state index contributed by atoms with van der Waals surface area (Å²) in [5.74, 6) is 0.0345. The molecule has 1 aromatic carbocycles.